The first-order chi connectivity index (χ1) is 28.6. The van der Waals surface area contributed by atoms with Crippen LogP contribution in [0.25, 0.3) is 33.9 Å². The topological polar surface area (TPSA) is 129 Å². The predicted molar refractivity (Wildman–Crippen MR) is 234 cm³/mol. The van der Waals surface area contributed by atoms with Gasteiger partial charge in [-0.15, -0.1) is 22.7 Å². The van der Waals surface area contributed by atoms with Gasteiger partial charge >= 0.3 is 0 Å². The highest BCUT2D eigenvalue weighted by atomic mass is 32.1. The third kappa shape index (κ3) is 9.04. The highest BCUT2D eigenvalue weighted by Gasteiger charge is 2.15. The number of hydrogen-bond donors (Lipinski definition) is 2. The van der Waals surface area contributed by atoms with E-state index in [1.54, 1.807) is 12.4 Å². The summed E-state index contributed by atoms with van der Waals surface area (Å²) in [4.78, 5) is 9.48. The summed E-state index contributed by atoms with van der Waals surface area (Å²) >= 11 is 2.98. The standard InChI is InChI=1S/C44H40N10O2S2/c1-31-37(27-47-53(31)35-17-5-3-6-18-35)39-29-57-43(49-39)51-45-25-33-15-9-11-21-41(33)55-23-13-14-24-56-42-22-12-10-16-34(42)26-46-52-44-50-40(30-58-44)38-28-48-54(32(38)2)36-19-7-4-8-20-36/h3-12,15-22,25-30H,13-14,23-24H2,1-2H3,(H,49,51)(H,50,52)/b45-25+,46-26+. The molecule has 0 amide bonds. The minimum atomic E-state index is 0.545. The molecule has 0 atom stereocenters. The lowest BCUT2D eigenvalue weighted by atomic mass is 10.2. The molecule has 0 fully saturated rings. The number of rotatable bonds is 17. The number of anilines is 2. The Morgan fingerprint density at radius 3 is 1.43 bits per heavy atom. The quantitative estimate of drug-likeness (QED) is 0.0529. The molecular weight excluding hydrogens is 765 g/mol. The summed E-state index contributed by atoms with van der Waals surface area (Å²) in [6.07, 6.45) is 8.84. The van der Waals surface area contributed by atoms with Gasteiger partial charge in [0.1, 0.15) is 11.5 Å². The zero-order valence-corrected chi connectivity index (χ0v) is 33.5. The number of benzene rings is 4. The Labute approximate surface area is 344 Å². The van der Waals surface area contributed by atoms with Gasteiger partial charge in [0.2, 0.25) is 10.3 Å². The fourth-order valence-electron chi connectivity index (χ4n) is 6.20. The molecule has 290 valence electrons. The van der Waals surface area contributed by atoms with E-state index in [2.05, 4.69) is 31.3 Å². The number of hydrogen-bond acceptors (Lipinski definition) is 12. The van der Waals surface area contributed by atoms with Gasteiger partial charge in [-0.3, -0.25) is 10.9 Å². The van der Waals surface area contributed by atoms with Crippen molar-refractivity contribution in [3.8, 4) is 45.4 Å². The number of ether oxygens (including phenoxy) is 2. The van der Waals surface area contributed by atoms with Crippen LogP contribution >= 0.6 is 22.7 Å². The van der Waals surface area contributed by atoms with Gasteiger partial charge in [0, 0.05) is 33.0 Å². The van der Waals surface area contributed by atoms with Crippen LogP contribution in [0.2, 0.25) is 0 Å². The van der Waals surface area contributed by atoms with E-state index >= 15 is 0 Å². The van der Waals surface area contributed by atoms with E-state index in [1.165, 1.54) is 22.7 Å². The molecule has 14 heteroatoms. The second kappa shape index (κ2) is 18.4. The molecule has 0 saturated carbocycles. The second-order valence-electron chi connectivity index (χ2n) is 13.1. The molecule has 12 nitrogen and oxygen atoms in total. The normalized spacial score (nSPS) is 11.4. The molecule has 8 aromatic rings. The average molecular weight is 805 g/mol. The van der Waals surface area contributed by atoms with Gasteiger partial charge < -0.3 is 9.47 Å². The number of para-hydroxylation sites is 4. The van der Waals surface area contributed by atoms with Gasteiger partial charge in [-0.1, -0.05) is 60.7 Å². The minimum absolute atomic E-state index is 0.545. The summed E-state index contributed by atoms with van der Waals surface area (Å²) in [6, 6.07) is 35.8. The molecule has 0 radical (unpaired) electrons. The fraction of sp³-hybridized carbons (Fsp3) is 0.136. The first-order valence-electron chi connectivity index (χ1n) is 18.7. The fourth-order valence-corrected chi connectivity index (χ4v) is 7.52. The summed E-state index contributed by atoms with van der Waals surface area (Å²) in [5, 5.41) is 23.4. The van der Waals surface area contributed by atoms with Crippen LogP contribution in [-0.2, 0) is 0 Å². The number of unbranched alkanes of at least 4 members (excludes halogenated alkanes) is 1. The van der Waals surface area contributed by atoms with E-state index in [0.29, 0.717) is 23.5 Å². The number of aromatic nitrogens is 6. The second-order valence-corrected chi connectivity index (χ2v) is 14.8. The minimum Gasteiger partial charge on any atom is -0.493 e. The van der Waals surface area contributed by atoms with Crippen molar-refractivity contribution in [2.45, 2.75) is 26.7 Å². The van der Waals surface area contributed by atoms with Gasteiger partial charge in [-0.25, -0.2) is 19.3 Å². The Bertz CT molecular complexity index is 2450. The molecule has 0 unspecified atom stereocenters. The molecule has 0 saturated heterocycles. The smallest absolute Gasteiger partial charge is 0.203 e. The van der Waals surface area contributed by atoms with Crippen LogP contribution in [0.5, 0.6) is 11.5 Å². The molecule has 4 aromatic heterocycles. The maximum Gasteiger partial charge on any atom is 0.203 e. The Hall–Kier alpha value is -6.90. The Morgan fingerprint density at radius 1 is 0.569 bits per heavy atom. The van der Waals surface area contributed by atoms with Crippen LogP contribution in [0.1, 0.15) is 35.4 Å². The molecule has 58 heavy (non-hydrogen) atoms. The summed E-state index contributed by atoms with van der Waals surface area (Å²) in [5.41, 5.74) is 15.6. The van der Waals surface area contributed by atoms with Crippen LogP contribution in [0.3, 0.4) is 0 Å². The molecule has 4 heterocycles. The van der Waals surface area contributed by atoms with Gasteiger partial charge in [-0.05, 0) is 75.2 Å². The maximum atomic E-state index is 6.15. The number of nitrogens with one attached hydrogen (secondary N) is 2. The van der Waals surface area contributed by atoms with Crippen molar-refractivity contribution >= 4 is 45.4 Å². The number of nitrogens with zero attached hydrogens (tertiary/aromatic N) is 8. The molecule has 0 spiro atoms. The average Bonchev–Trinajstić information content (AvgIpc) is 4.08. The van der Waals surface area contributed by atoms with Crippen molar-refractivity contribution in [1.82, 2.24) is 29.5 Å². The third-order valence-electron chi connectivity index (χ3n) is 9.20. The first-order valence-corrected chi connectivity index (χ1v) is 20.5. The van der Waals surface area contributed by atoms with Crippen LogP contribution in [0.4, 0.5) is 10.3 Å². The van der Waals surface area contributed by atoms with E-state index in [1.807, 2.05) is 156 Å². The van der Waals surface area contributed by atoms with Crippen LogP contribution in [0.15, 0.2) is 143 Å². The Morgan fingerprint density at radius 2 is 0.983 bits per heavy atom. The van der Waals surface area contributed by atoms with Crippen molar-refractivity contribution in [2.24, 2.45) is 10.2 Å². The summed E-state index contributed by atoms with van der Waals surface area (Å²) in [6.45, 7) is 5.18. The molecule has 4 aromatic carbocycles. The molecule has 8 rings (SSSR count). The lowest BCUT2D eigenvalue weighted by Gasteiger charge is -2.10. The zero-order chi connectivity index (χ0) is 39.5. The van der Waals surface area contributed by atoms with E-state index < -0.39 is 0 Å². The van der Waals surface area contributed by atoms with Crippen LogP contribution < -0.4 is 20.3 Å². The molecule has 0 aliphatic heterocycles. The molecule has 2 N–H and O–H groups in total. The summed E-state index contributed by atoms with van der Waals surface area (Å²) < 4.78 is 16.1. The Kier molecular flexibility index (Phi) is 12.0. The zero-order valence-electron chi connectivity index (χ0n) is 31.9. The highest BCUT2D eigenvalue weighted by molar-refractivity contribution is 7.14. The maximum absolute atomic E-state index is 6.15. The predicted octanol–water partition coefficient (Wildman–Crippen LogP) is 10.1. The molecule has 0 aliphatic rings. The van der Waals surface area contributed by atoms with E-state index in [9.17, 15) is 0 Å². The van der Waals surface area contributed by atoms with Crippen molar-refractivity contribution in [3.05, 3.63) is 155 Å². The first kappa shape index (κ1) is 38.0. The molecular formula is C44H40N10O2S2. The summed E-state index contributed by atoms with van der Waals surface area (Å²) in [7, 11) is 0. The molecule has 0 bridgehead atoms. The van der Waals surface area contributed by atoms with E-state index in [4.69, 9.17) is 19.4 Å². The Balaban J connectivity index is 0.784. The highest BCUT2D eigenvalue weighted by Crippen LogP contribution is 2.30. The van der Waals surface area contributed by atoms with Crippen molar-refractivity contribution in [2.75, 3.05) is 24.1 Å². The number of thiazole rings is 2. The van der Waals surface area contributed by atoms with Crippen molar-refractivity contribution in [1.29, 1.82) is 0 Å². The monoisotopic (exact) mass is 804 g/mol. The SMILES string of the molecule is Cc1c(-c2csc(N/N=C/c3ccccc3OCCCCOc3ccccc3/C=N/Nc3nc(-c4cnn(-c5ccccc5)c4C)cs3)n2)cnn1-c1ccccc1. The lowest BCUT2D eigenvalue weighted by Crippen LogP contribution is -2.05. The van der Waals surface area contributed by atoms with Gasteiger partial charge in [-0.2, -0.15) is 20.4 Å². The largest absolute Gasteiger partial charge is 0.493 e. The molecule has 0 aliphatic carbocycles. The van der Waals surface area contributed by atoms with Crippen LogP contribution in [-0.4, -0.2) is 55.2 Å². The van der Waals surface area contributed by atoms with Gasteiger partial charge in [0.15, 0.2) is 0 Å². The van der Waals surface area contributed by atoms with E-state index in [0.717, 1.165) is 80.7 Å². The van der Waals surface area contributed by atoms with Crippen LogP contribution in [0, 0.1) is 13.8 Å². The van der Waals surface area contributed by atoms with Crippen molar-refractivity contribution in [3.63, 3.8) is 0 Å². The third-order valence-corrected chi connectivity index (χ3v) is 10.7. The van der Waals surface area contributed by atoms with Crippen molar-refractivity contribution < 1.29 is 9.47 Å². The summed E-state index contributed by atoms with van der Waals surface area (Å²) in [5.74, 6) is 1.52. The van der Waals surface area contributed by atoms with E-state index in [-0.39, 0.29) is 0 Å². The van der Waals surface area contributed by atoms with Gasteiger partial charge in [0.05, 0.1) is 72.2 Å². The van der Waals surface area contributed by atoms with Gasteiger partial charge in [0.25, 0.3) is 0 Å². The lowest BCUT2D eigenvalue weighted by molar-refractivity contribution is 0.266. The number of hydrazone groups is 2.